The largest absolute Gasteiger partial charge is 0.416 e. The van der Waals surface area contributed by atoms with Gasteiger partial charge in [-0.15, -0.1) is 0 Å². The average Bonchev–Trinajstić information content (AvgIpc) is 2.99. The standard InChI is InChI=1S/C25H29F6NO/c1-2-32-12-6-9-23(10-13-32,20-7-4-3-5-8-20)11-14-33-18-19-15-21(24(26,27)28)17-22(16-19)25(29,30)31/h3-5,7-8,15-17H,2,6,9-14,18H2,1H3. The van der Waals surface area contributed by atoms with Crippen molar-refractivity contribution in [3.8, 4) is 0 Å². The number of rotatable bonds is 7. The third kappa shape index (κ3) is 6.73. The van der Waals surface area contributed by atoms with Crippen LogP contribution in [0.25, 0.3) is 0 Å². The van der Waals surface area contributed by atoms with Crippen LogP contribution in [-0.2, 0) is 29.1 Å². The van der Waals surface area contributed by atoms with Gasteiger partial charge in [0.25, 0.3) is 0 Å². The Morgan fingerprint density at radius 2 is 1.52 bits per heavy atom. The maximum atomic E-state index is 13.1. The second-order valence-electron chi connectivity index (χ2n) is 8.65. The maximum Gasteiger partial charge on any atom is 0.416 e. The highest BCUT2D eigenvalue weighted by atomic mass is 19.4. The Morgan fingerprint density at radius 3 is 2.09 bits per heavy atom. The van der Waals surface area contributed by atoms with Crippen molar-refractivity contribution in [2.45, 2.75) is 57.0 Å². The van der Waals surface area contributed by atoms with Crippen LogP contribution in [0.5, 0.6) is 0 Å². The minimum Gasteiger partial charge on any atom is -0.377 e. The SMILES string of the molecule is CCN1CCCC(CCOCc2cc(C(F)(F)F)cc(C(F)(F)F)c2)(c2ccccc2)CC1. The van der Waals surface area contributed by atoms with Gasteiger partial charge in [0.15, 0.2) is 0 Å². The van der Waals surface area contributed by atoms with Crippen molar-refractivity contribution in [1.82, 2.24) is 4.90 Å². The first-order valence-electron chi connectivity index (χ1n) is 11.2. The van der Waals surface area contributed by atoms with Crippen LogP contribution < -0.4 is 0 Å². The van der Waals surface area contributed by atoms with E-state index in [1.165, 1.54) is 5.56 Å². The first-order valence-corrected chi connectivity index (χ1v) is 11.2. The summed E-state index contributed by atoms with van der Waals surface area (Å²) >= 11 is 0. The van der Waals surface area contributed by atoms with Crippen molar-refractivity contribution in [3.05, 3.63) is 70.8 Å². The van der Waals surface area contributed by atoms with Crippen molar-refractivity contribution >= 4 is 0 Å². The van der Waals surface area contributed by atoms with Crippen molar-refractivity contribution in [2.24, 2.45) is 0 Å². The predicted octanol–water partition coefficient (Wildman–Crippen LogP) is 7.07. The molecule has 33 heavy (non-hydrogen) atoms. The molecule has 1 aliphatic heterocycles. The minimum atomic E-state index is -4.86. The van der Waals surface area contributed by atoms with Gasteiger partial charge in [-0.25, -0.2) is 0 Å². The molecular formula is C25H29F6NO. The van der Waals surface area contributed by atoms with E-state index in [0.29, 0.717) is 6.42 Å². The number of benzene rings is 2. The quantitative estimate of drug-likeness (QED) is 0.315. The summed E-state index contributed by atoms with van der Waals surface area (Å²) in [6, 6.07) is 11.7. The van der Waals surface area contributed by atoms with Gasteiger partial charge in [-0.05, 0) is 80.1 Å². The van der Waals surface area contributed by atoms with Crippen LogP contribution in [0.15, 0.2) is 48.5 Å². The normalized spacial score (nSPS) is 20.6. The summed E-state index contributed by atoms with van der Waals surface area (Å²) < 4.78 is 84.2. The van der Waals surface area contributed by atoms with E-state index in [0.717, 1.165) is 51.0 Å². The minimum absolute atomic E-state index is 0.129. The van der Waals surface area contributed by atoms with Crippen LogP contribution in [0.4, 0.5) is 26.3 Å². The molecule has 1 aliphatic rings. The van der Waals surface area contributed by atoms with Gasteiger partial charge < -0.3 is 9.64 Å². The lowest BCUT2D eigenvalue weighted by Gasteiger charge is -2.34. The molecule has 0 amide bonds. The molecule has 1 unspecified atom stereocenters. The molecule has 2 nitrogen and oxygen atoms in total. The topological polar surface area (TPSA) is 12.5 Å². The summed E-state index contributed by atoms with van der Waals surface area (Å²) in [5.41, 5.74) is -1.70. The third-order valence-electron chi connectivity index (χ3n) is 6.51. The van der Waals surface area contributed by atoms with E-state index in [4.69, 9.17) is 4.74 Å². The van der Waals surface area contributed by atoms with Crippen molar-refractivity contribution in [2.75, 3.05) is 26.2 Å². The summed E-state index contributed by atoms with van der Waals surface area (Å²) in [6.07, 6.45) is -6.17. The van der Waals surface area contributed by atoms with Gasteiger partial charge in [-0.1, -0.05) is 37.3 Å². The van der Waals surface area contributed by atoms with Gasteiger partial charge in [-0.2, -0.15) is 26.3 Å². The Morgan fingerprint density at radius 1 is 0.879 bits per heavy atom. The molecule has 0 aliphatic carbocycles. The summed E-state index contributed by atoms with van der Waals surface area (Å²) in [5, 5.41) is 0. The third-order valence-corrected chi connectivity index (χ3v) is 6.51. The summed E-state index contributed by atoms with van der Waals surface area (Å²) in [7, 11) is 0. The summed E-state index contributed by atoms with van der Waals surface area (Å²) in [5.74, 6) is 0. The van der Waals surface area contributed by atoms with Crippen molar-refractivity contribution < 1.29 is 31.1 Å². The fraction of sp³-hybridized carbons (Fsp3) is 0.520. The Balaban J connectivity index is 1.72. The molecule has 0 radical (unpaired) electrons. The van der Waals surface area contributed by atoms with Crippen LogP contribution in [0.2, 0.25) is 0 Å². The molecule has 8 heteroatoms. The zero-order valence-corrected chi connectivity index (χ0v) is 18.6. The lowest BCUT2D eigenvalue weighted by atomic mass is 9.72. The molecule has 182 valence electrons. The Bertz CT molecular complexity index is 864. The highest BCUT2D eigenvalue weighted by molar-refractivity contribution is 5.33. The Labute approximate surface area is 190 Å². The smallest absolute Gasteiger partial charge is 0.377 e. The van der Waals surface area contributed by atoms with E-state index in [-0.39, 0.29) is 30.3 Å². The van der Waals surface area contributed by atoms with Gasteiger partial charge in [0.2, 0.25) is 0 Å². The Kier molecular flexibility index (Phi) is 8.11. The molecule has 0 saturated carbocycles. The van der Waals surface area contributed by atoms with E-state index in [2.05, 4.69) is 24.0 Å². The van der Waals surface area contributed by atoms with Crippen molar-refractivity contribution in [1.29, 1.82) is 0 Å². The van der Waals surface area contributed by atoms with Gasteiger partial charge in [0, 0.05) is 6.61 Å². The van der Waals surface area contributed by atoms with Crippen LogP contribution in [0, 0.1) is 0 Å². The highest BCUT2D eigenvalue weighted by Gasteiger charge is 2.37. The van der Waals surface area contributed by atoms with E-state index < -0.39 is 23.5 Å². The molecule has 2 aromatic rings. The number of nitrogens with zero attached hydrogens (tertiary/aromatic N) is 1. The number of ether oxygens (including phenoxy) is 1. The lowest BCUT2D eigenvalue weighted by Crippen LogP contribution is -2.30. The van der Waals surface area contributed by atoms with Crippen LogP contribution in [0.3, 0.4) is 0 Å². The van der Waals surface area contributed by atoms with E-state index in [9.17, 15) is 26.3 Å². The number of alkyl halides is 6. The number of likely N-dealkylation sites (tertiary alicyclic amines) is 1. The molecule has 1 fully saturated rings. The fourth-order valence-electron chi connectivity index (χ4n) is 4.60. The molecular weight excluding hydrogens is 444 g/mol. The van der Waals surface area contributed by atoms with Crippen molar-refractivity contribution in [3.63, 3.8) is 0 Å². The maximum absolute atomic E-state index is 13.1. The molecule has 0 bridgehead atoms. The average molecular weight is 474 g/mol. The Hall–Kier alpha value is -2.06. The molecule has 0 N–H and O–H groups in total. The number of halogens is 6. The van der Waals surface area contributed by atoms with Crippen LogP contribution >= 0.6 is 0 Å². The second-order valence-corrected chi connectivity index (χ2v) is 8.65. The van der Waals surface area contributed by atoms with Gasteiger partial charge in [-0.3, -0.25) is 0 Å². The highest BCUT2D eigenvalue weighted by Crippen LogP contribution is 2.39. The zero-order chi connectivity index (χ0) is 24.1. The molecule has 1 saturated heterocycles. The summed E-state index contributed by atoms with van der Waals surface area (Å²) in [4.78, 5) is 2.40. The molecule has 1 heterocycles. The molecule has 2 aromatic carbocycles. The molecule has 3 rings (SSSR count). The van der Waals surface area contributed by atoms with Gasteiger partial charge in [0.05, 0.1) is 17.7 Å². The predicted molar refractivity (Wildman–Crippen MR) is 115 cm³/mol. The van der Waals surface area contributed by atoms with Gasteiger partial charge >= 0.3 is 12.4 Å². The molecule has 0 aromatic heterocycles. The van der Waals surface area contributed by atoms with Crippen LogP contribution in [0.1, 0.15) is 54.9 Å². The van der Waals surface area contributed by atoms with E-state index in [1.807, 2.05) is 18.2 Å². The monoisotopic (exact) mass is 473 g/mol. The molecule has 1 atom stereocenters. The van der Waals surface area contributed by atoms with Crippen LogP contribution in [-0.4, -0.2) is 31.1 Å². The van der Waals surface area contributed by atoms with E-state index in [1.54, 1.807) is 0 Å². The molecule has 0 spiro atoms. The zero-order valence-electron chi connectivity index (χ0n) is 18.6. The lowest BCUT2D eigenvalue weighted by molar-refractivity contribution is -0.143. The summed E-state index contributed by atoms with van der Waals surface area (Å²) in [6.45, 7) is 4.99. The van der Waals surface area contributed by atoms with Gasteiger partial charge in [0.1, 0.15) is 0 Å². The number of hydrogen-bond donors (Lipinski definition) is 0. The number of hydrogen-bond acceptors (Lipinski definition) is 2. The first-order chi connectivity index (χ1) is 15.5. The fourth-order valence-corrected chi connectivity index (χ4v) is 4.60. The second kappa shape index (κ2) is 10.5. The van der Waals surface area contributed by atoms with E-state index >= 15 is 0 Å². The first kappa shape index (κ1) is 25.6.